The van der Waals surface area contributed by atoms with E-state index in [1.54, 1.807) is 0 Å². The molecule has 0 saturated heterocycles. The Bertz CT molecular complexity index is 323. The van der Waals surface area contributed by atoms with Gasteiger partial charge in [0.2, 0.25) is 0 Å². The average Bonchev–Trinajstić information content (AvgIpc) is 2.83. The zero-order valence-corrected chi connectivity index (χ0v) is 15.4. The maximum atomic E-state index is 6.03. The number of hydrogen-bond acceptors (Lipinski definition) is 2. The van der Waals surface area contributed by atoms with E-state index >= 15 is 0 Å². The van der Waals surface area contributed by atoms with Crippen LogP contribution in [0.4, 0.5) is 0 Å². The molecule has 23 heavy (non-hydrogen) atoms. The number of aliphatic imine (C=N–C) groups is 1. The van der Waals surface area contributed by atoms with Crippen molar-refractivity contribution in [3.05, 3.63) is 12.7 Å². The zero-order chi connectivity index (χ0) is 16.8. The Kier molecular flexibility index (Phi) is 11.7. The number of unbranched alkanes of at least 4 members (excludes halogenated alkanes) is 2. The van der Waals surface area contributed by atoms with E-state index in [-0.39, 0.29) is 0 Å². The number of hydrogen-bond donors (Lipinski definition) is 1. The second kappa shape index (κ2) is 13.4. The summed E-state index contributed by atoms with van der Waals surface area (Å²) in [6.45, 7) is 6.64. The second-order valence-corrected chi connectivity index (χ2v) is 6.52. The Morgan fingerprint density at radius 2 is 1.96 bits per heavy atom. The summed E-state index contributed by atoms with van der Waals surface area (Å²) >= 11 is 0. The molecule has 0 atom stereocenters. The van der Waals surface area contributed by atoms with E-state index < -0.39 is 0 Å². The number of nitrogens with one attached hydrogen (secondary N) is 1. The van der Waals surface area contributed by atoms with Gasteiger partial charge in [-0.25, -0.2) is 0 Å². The molecular formula is C19H37N3O. The summed E-state index contributed by atoms with van der Waals surface area (Å²) < 4.78 is 6.03. The molecule has 134 valence electrons. The predicted octanol–water partition coefficient (Wildman–Crippen LogP) is 3.98. The molecule has 1 saturated carbocycles. The van der Waals surface area contributed by atoms with Crippen molar-refractivity contribution in [1.29, 1.82) is 0 Å². The number of ether oxygens (including phenoxy) is 1. The van der Waals surface area contributed by atoms with Crippen molar-refractivity contribution in [3.63, 3.8) is 0 Å². The minimum atomic E-state index is 0.522. The molecule has 0 bridgehead atoms. The van der Waals surface area contributed by atoms with Crippen molar-refractivity contribution in [2.45, 2.75) is 70.3 Å². The maximum absolute atomic E-state index is 6.03. The first-order valence-electron chi connectivity index (χ1n) is 9.42. The van der Waals surface area contributed by atoms with E-state index in [2.05, 4.69) is 28.8 Å². The van der Waals surface area contributed by atoms with Crippen LogP contribution >= 0.6 is 0 Å². The summed E-state index contributed by atoms with van der Waals surface area (Å²) in [6, 6.07) is 0. The van der Waals surface area contributed by atoms with Crippen molar-refractivity contribution >= 4 is 5.96 Å². The van der Waals surface area contributed by atoms with Crippen LogP contribution in [0.25, 0.3) is 0 Å². The molecule has 0 spiro atoms. The Labute approximate surface area is 143 Å². The van der Waals surface area contributed by atoms with Gasteiger partial charge in [0.05, 0.1) is 6.10 Å². The van der Waals surface area contributed by atoms with Crippen LogP contribution in [0.5, 0.6) is 0 Å². The first kappa shape index (κ1) is 20.0. The van der Waals surface area contributed by atoms with Gasteiger partial charge >= 0.3 is 0 Å². The highest BCUT2D eigenvalue weighted by Crippen LogP contribution is 2.19. The molecule has 0 heterocycles. The van der Waals surface area contributed by atoms with E-state index in [0.29, 0.717) is 6.10 Å². The van der Waals surface area contributed by atoms with Crippen LogP contribution < -0.4 is 5.32 Å². The van der Waals surface area contributed by atoms with E-state index in [1.807, 2.05) is 13.1 Å². The minimum Gasteiger partial charge on any atom is -0.378 e. The summed E-state index contributed by atoms with van der Waals surface area (Å²) in [5, 5.41) is 3.44. The van der Waals surface area contributed by atoms with Gasteiger partial charge in [0.15, 0.2) is 5.96 Å². The van der Waals surface area contributed by atoms with Gasteiger partial charge in [-0.05, 0) is 38.5 Å². The van der Waals surface area contributed by atoms with Gasteiger partial charge in [0, 0.05) is 33.8 Å². The maximum Gasteiger partial charge on any atom is 0.193 e. The molecule has 1 N–H and O–H groups in total. The molecule has 1 fully saturated rings. The highest BCUT2D eigenvalue weighted by molar-refractivity contribution is 5.79. The molecule has 4 heteroatoms. The molecule has 0 aromatic heterocycles. The molecule has 1 aliphatic rings. The number of rotatable bonds is 10. The standard InChI is InChI=1S/C19H37N3O/c1-4-5-11-16-22(3)19(20-2)21-15-10-12-17-23-18-13-8-6-7-9-14-18/h4,18H,1,5-17H2,2-3H3,(H,20,21). The fourth-order valence-corrected chi connectivity index (χ4v) is 3.05. The van der Waals surface area contributed by atoms with E-state index in [4.69, 9.17) is 4.74 Å². The number of allylic oxidation sites excluding steroid dienone is 1. The Morgan fingerprint density at radius 1 is 1.22 bits per heavy atom. The van der Waals surface area contributed by atoms with Gasteiger partial charge in [-0.1, -0.05) is 31.8 Å². The summed E-state index contributed by atoms with van der Waals surface area (Å²) in [6.07, 6.45) is 14.9. The fourth-order valence-electron chi connectivity index (χ4n) is 3.05. The Balaban J connectivity index is 2.04. The lowest BCUT2D eigenvalue weighted by atomic mass is 10.1. The summed E-state index contributed by atoms with van der Waals surface area (Å²) in [4.78, 5) is 6.53. The lowest BCUT2D eigenvalue weighted by Crippen LogP contribution is -2.39. The Hall–Kier alpha value is -1.03. The summed E-state index contributed by atoms with van der Waals surface area (Å²) in [7, 11) is 3.94. The monoisotopic (exact) mass is 323 g/mol. The molecule has 0 aliphatic heterocycles. The van der Waals surface area contributed by atoms with Gasteiger partial charge in [0.25, 0.3) is 0 Å². The van der Waals surface area contributed by atoms with Crippen LogP contribution in [-0.2, 0) is 4.74 Å². The third kappa shape index (κ3) is 9.65. The van der Waals surface area contributed by atoms with Gasteiger partial charge < -0.3 is 15.0 Å². The van der Waals surface area contributed by atoms with E-state index in [0.717, 1.165) is 51.3 Å². The lowest BCUT2D eigenvalue weighted by molar-refractivity contribution is 0.0411. The highest BCUT2D eigenvalue weighted by atomic mass is 16.5. The highest BCUT2D eigenvalue weighted by Gasteiger charge is 2.12. The second-order valence-electron chi connectivity index (χ2n) is 6.52. The van der Waals surface area contributed by atoms with Crippen molar-refractivity contribution < 1.29 is 4.74 Å². The van der Waals surface area contributed by atoms with Gasteiger partial charge in [0.1, 0.15) is 0 Å². The van der Waals surface area contributed by atoms with Crippen molar-refractivity contribution in [2.24, 2.45) is 4.99 Å². The van der Waals surface area contributed by atoms with Gasteiger partial charge in [-0.15, -0.1) is 6.58 Å². The molecular weight excluding hydrogens is 286 g/mol. The quantitative estimate of drug-likeness (QED) is 0.217. The molecule has 4 nitrogen and oxygen atoms in total. The van der Waals surface area contributed by atoms with Crippen LogP contribution in [0.2, 0.25) is 0 Å². The van der Waals surface area contributed by atoms with Crippen LogP contribution in [0.3, 0.4) is 0 Å². The normalized spacial score (nSPS) is 16.9. The molecule has 1 rings (SSSR count). The SMILES string of the molecule is C=CCCCN(C)C(=NC)NCCCCOC1CCCCCC1. The molecule has 1 aliphatic carbocycles. The molecule has 0 unspecified atom stereocenters. The van der Waals surface area contributed by atoms with E-state index in [9.17, 15) is 0 Å². The predicted molar refractivity (Wildman–Crippen MR) is 100 cm³/mol. The molecule has 0 aromatic rings. The van der Waals surface area contributed by atoms with Crippen molar-refractivity contribution in [1.82, 2.24) is 10.2 Å². The van der Waals surface area contributed by atoms with Crippen LogP contribution in [0, 0.1) is 0 Å². The fraction of sp³-hybridized carbons (Fsp3) is 0.842. The molecule has 0 amide bonds. The molecule has 0 radical (unpaired) electrons. The van der Waals surface area contributed by atoms with Gasteiger partial charge in [-0.2, -0.15) is 0 Å². The third-order valence-electron chi connectivity index (χ3n) is 4.49. The lowest BCUT2D eigenvalue weighted by Gasteiger charge is -2.22. The van der Waals surface area contributed by atoms with Crippen LogP contribution in [0.15, 0.2) is 17.6 Å². The van der Waals surface area contributed by atoms with Gasteiger partial charge in [-0.3, -0.25) is 4.99 Å². The largest absolute Gasteiger partial charge is 0.378 e. The van der Waals surface area contributed by atoms with Crippen molar-refractivity contribution in [3.8, 4) is 0 Å². The van der Waals surface area contributed by atoms with Crippen molar-refractivity contribution in [2.75, 3.05) is 33.8 Å². The number of guanidine groups is 1. The summed E-state index contributed by atoms with van der Waals surface area (Å²) in [5.41, 5.74) is 0. The third-order valence-corrected chi connectivity index (χ3v) is 4.49. The van der Waals surface area contributed by atoms with Crippen LogP contribution in [-0.4, -0.2) is 50.8 Å². The Morgan fingerprint density at radius 3 is 2.61 bits per heavy atom. The average molecular weight is 324 g/mol. The minimum absolute atomic E-state index is 0.522. The topological polar surface area (TPSA) is 36.9 Å². The van der Waals surface area contributed by atoms with Crippen LogP contribution in [0.1, 0.15) is 64.2 Å². The smallest absolute Gasteiger partial charge is 0.193 e. The first-order valence-corrected chi connectivity index (χ1v) is 9.42. The number of nitrogens with zero attached hydrogens (tertiary/aromatic N) is 2. The molecule has 0 aromatic carbocycles. The van der Waals surface area contributed by atoms with E-state index in [1.165, 1.54) is 38.5 Å². The zero-order valence-electron chi connectivity index (χ0n) is 15.4. The first-order chi connectivity index (χ1) is 11.3. The summed E-state index contributed by atoms with van der Waals surface area (Å²) in [5.74, 6) is 0.985.